The monoisotopic (exact) mass is 239 g/mol. The average Bonchev–Trinajstić information content (AvgIpc) is 2.31. The summed E-state index contributed by atoms with van der Waals surface area (Å²) < 4.78 is 9.42. The molecule has 3 N–H and O–H groups in total. The number of rotatable bonds is 7. The molecule has 0 aliphatic rings. The van der Waals surface area contributed by atoms with Gasteiger partial charge in [-0.05, 0) is 24.1 Å². The van der Waals surface area contributed by atoms with E-state index in [1.165, 1.54) is 0 Å². The molecule has 0 aliphatic heterocycles. The largest absolute Gasteiger partial charge is 0.480 e. The van der Waals surface area contributed by atoms with E-state index in [2.05, 4.69) is 4.74 Å². The first-order valence-corrected chi connectivity index (χ1v) is 4.89. The van der Waals surface area contributed by atoms with E-state index in [1.54, 1.807) is 24.3 Å². The highest BCUT2D eigenvalue weighted by molar-refractivity contribution is 5.73. The summed E-state index contributed by atoms with van der Waals surface area (Å²) in [5, 5.41) is 8.64. The highest BCUT2D eigenvalue weighted by atomic mass is 16.7. The number of hydrogen-bond acceptors (Lipinski definition) is 5. The lowest BCUT2D eigenvalue weighted by molar-refractivity contribution is -0.138. The molecule has 0 radical (unpaired) electrons. The van der Waals surface area contributed by atoms with Crippen LogP contribution in [-0.4, -0.2) is 30.4 Å². The minimum atomic E-state index is -1.04. The third kappa shape index (κ3) is 4.52. The fraction of sp³-hybridized carbons (Fsp3) is 0.273. The lowest BCUT2D eigenvalue weighted by Gasteiger charge is -2.08. The molecule has 17 heavy (non-hydrogen) atoms. The van der Waals surface area contributed by atoms with Crippen LogP contribution in [-0.2, 0) is 20.7 Å². The Morgan fingerprint density at radius 1 is 1.41 bits per heavy atom. The number of ether oxygens (including phenoxy) is 2. The van der Waals surface area contributed by atoms with Gasteiger partial charge in [0.15, 0.2) is 0 Å². The molecule has 1 aromatic carbocycles. The lowest BCUT2D eigenvalue weighted by Crippen LogP contribution is -2.32. The van der Waals surface area contributed by atoms with Gasteiger partial charge >= 0.3 is 5.97 Å². The molecule has 0 aliphatic carbocycles. The molecular formula is C11H13NO5. The van der Waals surface area contributed by atoms with Gasteiger partial charge in [-0.25, -0.2) is 0 Å². The molecule has 1 atom stereocenters. The van der Waals surface area contributed by atoms with E-state index in [0.717, 1.165) is 5.56 Å². The van der Waals surface area contributed by atoms with Gasteiger partial charge in [-0.2, -0.15) is 0 Å². The smallest absolute Gasteiger partial charge is 0.320 e. The van der Waals surface area contributed by atoms with Crippen LogP contribution < -0.4 is 10.5 Å². The van der Waals surface area contributed by atoms with Crippen LogP contribution in [0.4, 0.5) is 0 Å². The number of benzene rings is 1. The van der Waals surface area contributed by atoms with E-state index in [1.807, 2.05) is 0 Å². The zero-order valence-electron chi connectivity index (χ0n) is 9.04. The van der Waals surface area contributed by atoms with Crippen LogP contribution in [0.15, 0.2) is 24.3 Å². The average molecular weight is 239 g/mol. The minimum absolute atomic E-state index is 0.155. The van der Waals surface area contributed by atoms with Crippen LogP contribution in [0.25, 0.3) is 0 Å². The van der Waals surface area contributed by atoms with Crippen LogP contribution in [0.3, 0.4) is 0 Å². The molecular weight excluding hydrogens is 226 g/mol. The molecule has 0 heterocycles. The van der Waals surface area contributed by atoms with Gasteiger partial charge in [0, 0.05) is 0 Å². The number of carbonyl (C=O) groups excluding carboxylic acids is 1. The number of hydrogen-bond donors (Lipinski definition) is 2. The molecule has 0 aromatic heterocycles. The highest BCUT2D eigenvalue weighted by Gasteiger charge is 2.11. The molecule has 0 saturated heterocycles. The molecule has 0 spiro atoms. The SMILES string of the molecule is N[C@@H](Cc1ccc(OCOC=O)cc1)C(=O)O. The van der Waals surface area contributed by atoms with E-state index in [0.29, 0.717) is 12.2 Å². The first-order chi connectivity index (χ1) is 8.13. The Morgan fingerprint density at radius 3 is 2.59 bits per heavy atom. The number of carbonyl (C=O) groups is 2. The van der Waals surface area contributed by atoms with Gasteiger partial charge in [-0.3, -0.25) is 9.59 Å². The van der Waals surface area contributed by atoms with Crippen molar-refractivity contribution in [1.29, 1.82) is 0 Å². The fourth-order valence-corrected chi connectivity index (χ4v) is 1.19. The number of carboxylic acids is 1. The number of nitrogens with two attached hydrogens (primary N) is 1. The summed E-state index contributed by atoms with van der Waals surface area (Å²) in [6.07, 6.45) is 0.250. The Morgan fingerprint density at radius 2 is 2.06 bits per heavy atom. The third-order valence-corrected chi connectivity index (χ3v) is 2.06. The van der Waals surface area contributed by atoms with E-state index in [4.69, 9.17) is 15.6 Å². The summed E-state index contributed by atoms with van der Waals surface area (Å²) in [6, 6.07) is 5.80. The van der Waals surface area contributed by atoms with E-state index < -0.39 is 12.0 Å². The Labute approximate surface area is 97.9 Å². The molecule has 1 rings (SSSR count). The van der Waals surface area contributed by atoms with Gasteiger partial charge in [-0.15, -0.1) is 0 Å². The Bertz CT molecular complexity index is 376. The van der Waals surface area contributed by atoms with Gasteiger partial charge in [0.05, 0.1) is 0 Å². The second-order valence-electron chi connectivity index (χ2n) is 3.32. The molecule has 0 bridgehead atoms. The van der Waals surface area contributed by atoms with Gasteiger partial charge in [0.25, 0.3) is 6.47 Å². The minimum Gasteiger partial charge on any atom is -0.480 e. The van der Waals surface area contributed by atoms with Gasteiger partial charge in [0.2, 0.25) is 6.79 Å². The quantitative estimate of drug-likeness (QED) is 0.399. The maximum atomic E-state index is 10.5. The van der Waals surface area contributed by atoms with Crippen LogP contribution in [0.1, 0.15) is 5.56 Å². The van der Waals surface area contributed by atoms with Crippen LogP contribution >= 0.6 is 0 Å². The normalized spacial score (nSPS) is 11.6. The Balaban J connectivity index is 2.49. The number of carboxylic acid groups (broad SMARTS) is 1. The first-order valence-electron chi connectivity index (χ1n) is 4.89. The van der Waals surface area contributed by atoms with Crippen molar-refractivity contribution >= 4 is 12.4 Å². The lowest BCUT2D eigenvalue weighted by atomic mass is 10.1. The van der Waals surface area contributed by atoms with Gasteiger partial charge in [0.1, 0.15) is 11.8 Å². The standard InChI is InChI=1S/C11H13NO5/c12-10(11(14)15)5-8-1-3-9(4-2-8)17-7-16-6-13/h1-4,6,10H,5,7,12H2,(H,14,15)/t10-/m0/s1. The van der Waals surface area contributed by atoms with Gasteiger partial charge < -0.3 is 20.3 Å². The highest BCUT2D eigenvalue weighted by Crippen LogP contribution is 2.13. The van der Waals surface area contributed by atoms with Crippen molar-refractivity contribution in [3.8, 4) is 5.75 Å². The first kappa shape index (κ1) is 13.0. The Hall–Kier alpha value is -2.08. The van der Waals surface area contributed by atoms with Crippen LogP contribution in [0.5, 0.6) is 5.75 Å². The molecule has 0 amide bonds. The maximum absolute atomic E-state index is 10.5. The van der Waals surface area contributed by atoms with Gasteiger partial charge in [-0.1, -0.05) is 12.1 Å². The predicted octanol–water partition coefficient (Wildman–Crippen LogP) is 0.150. The molecule has 92 valence electrons. The summed E-state index contributed by atoms with van der Waals surface area (Å²) in [5.41, 5.74) is 6.19. The zero-order chi connectivity index (χ0) is 12.7. The molecule has 0 fully saturated rings. The van der Waals surface area contributed by atoms with Crippen molar-refractivity contribution in [2.24, 2.45) is 5.73 Å². The summed E-state index contributed by atoms with van der Waals surface area (Å²) in [5.74, 6) is -0.510. The third-order valence-electron chi connectivity index (χ3n) is 2.06. The number of aliphatic carboxylic acids is 1. The van der Waals surface area contributed by atoms with E-state index in [9.17, 15) is 9.59 Å². The van der Waals surface area contributed by atoms with Crippen molar-refractivity contribution in [2.75, 3.05) is 6.79 Å². The molecule has 6 nitrogen and oxygen atoms in total. The predicted molar refractivity (Wildman–Crippen MR) is 58.4 cm³/mol. The van der Waals surface area contributed by atoms with Crippen molar-refractivity contribution in [2.45, 2.75) is 12.5 Å². The maximum Gasteiger partial charge on any atom is 0.320 e. The van der Waals surface area contributed by atoms with Crippen molar-refractivity contribution in [1.82, 2.24) is 0 Å². The second-order valence-corrected chi connectivity index (χ2v) is 3.32. The topological polar surface area (TPSA) is 98.9 Å². The second kappa shape index (κ2) is 6.49. The summed E-state index contributed by atoms with van der Waals surface area (Å²) in [7, 11) is 0. The summed E-state index contributed by atoms with van der Waals surface area (Å²) in [4.78, 5) is 20.4. The van der Waals surface area contributed by atoms with Crippen molar-refractivity contribution < 1.29 is 24.2 Å². The van der Waals surface area contributed by atoms with Crippen LogP contribution in [0, 0.1) is 0 Å². The van der Waals surface area contributed by atoms with E-state index in [-0.39, 0.29) is 13.2 Å². The zero-order valence-corrected chi connectivity index (χ0v) is 9.04. The van der Waals surface area contributed by atoms with Crippen LogP contribution in [0.2, 0.25) is 0 Å². The van der Waals surface area contributed by atoms with Crippen molar-refractivity contribution in [3.63, 3.8) is 0 Å². The molecule has 1 aromatic rings. The summed E-state index contributed by atoms with van der Waals surface area (Å²) >= 11 is 0. The molecule has 0 unspecified atom stereocenters. The summed E-state index contributed by atoms with van der Waals surface area (Å²) in [6.45, 7) is 0.137. The Kier molecular flexibility index (Phi) is 4.96. The molecule has 0 saturated carbocycles. The fourth-order valence-electron chi connectivity index (χ4n) is 1.19. The van der Waals surface area contributed by atoms with E-state index >= 15 is 0 Å². The van der Waals surface area contributed by atoms with Crippen molar-refractivity contribution in [3.05, 3.63) is 29.8 Å². The molecule has 6 heteroatoms.